The number of H-pyrrole nitrogens is 1. The second-order valence-corrected chi connectivity index (χ2v) is 8.79. The summed E-state index contributed by atoms with van der Waals surface area (Å²) in [7, 11) is 0. The number of amides is 1. The largest absolute Gasteiger partial charge is 0.439 e. The maximum absolute atomic E-state index is 11.8. The summed E-state index contributed by atoms with van der Waals surface area (Å²) in [6.07, 6.45) is 4.43. The number of aliphatic hydroxyl groups excluding tert-OH is 1. The SMILES string of the molecule is O=C(CO)N1CC2CC1CN2Cc1ccc2cc(Oc3ccc(-c4ccn[nH]4)cn3)ccc2n1. The summed E-state index contributed by atoms with van der Waals surface area (Å²) in [5.74, 6) is 1.05. The average molecular weight is 457 g/mol. The minimum Gasteiger partial charge on any atom is -0.439 e. The third-order valence-electron chi connectivity index (χ3n) is 6.66. The Hall–Kier alpha value is -3.82. The molecular weight excluding hydrogens is 432 g/mol. The van der Waals surface area contributed by atoms with Crippen LogP contribution in [0, 0.1) is 0 Å². The Morgan fingerprint density at radius 1 is 1.12 bits per heavy atom. The average Bonchev–Trinajstić information content (AvgIpc) is 3.62. The van der Waals surface area contributed by atoms with Gasteiger partial charge >= 0.3 is 0 Å². The number of nitrogens with zero attached hydrogens (tertiary/aromatic N) is 5. The number of piperazine rings is 1. The van der Waals surface area contributed by atoms with Gasteiger partial charge in [-0.05, 0) is 42.8 Å². The molecule has 4 aromatic rings. The van der Waals surface area contributed by atoms with Gasteiger partial charge in [0.1, 0.15) is 12.4 Å². The summed E-state index contributed by atoms with van der Waals surface area (Å²) in [6, 6.07) is 16.1. The normalized spacial score (nSPS) is 19.7. The van der Waals surface area contributed by atoms with Crippen molar-refractivity contribution >= 4 is 16.8 Å². The van der Waals surface area contributed by atoms with E-state index in [1.165, 1.54) is 0 Å². The number of rotatable bonds is 6. The molecule has 0 saturated carbocycles. The Morgan fingerprint density at radius 3 is 2.79 bits per heavy atom. The fourth-order valence-electron chi connectivity index (χ4n) is 4.98. The fourth-order valence-corrected chi connectivity index (χ4v) is 4.98. The van der Waals surface area contributed by atoms with E-state index >= 15 is 0 Å². The van der Waals surface area contributed by atoms with Crippen molar-refractivity contribution in [1.82, 2.24) is 30.0 Å². The molecule has 0 spiro atoms. The zero-order valence-electron chi connectivity index (χ0n) is 18.5. The molecule has 3 aromatic heterocycles. The number of likely N-dealkylation sites (tertiary alicyclic amines) is 2. The molecule has 2 bridgehead atoms. The van der Waals surface area contributed by atoms with E-state index in [1.54, 1.807) is 12.4 Å². The topological polar surface area (TPSA) is 107 Å². The number of carbonyl (C=O) groups excluding carboxylic acids is 1. The van der Waals surface area contributed by atoms with E-state index in [4.69, 9.17) is 14.8 Å². The predicted octanol–water partition coefficient (Wildman–Crippen LogP) is 2.59. The third kappa shape index (κ3) is 3.89. The first kappa shape index (κ1) is 20.8. The summed E-state index contributed by atoms with van der Waals surface area (Å²) in [6.45, 7) is 1.86. The molecule has 0 aliphatic carbocycles. The van der Waals surface area contributed by atoms with E-state index in [-0.39, 0.29) is 11.9 Å². The molecule has 34 heavy (non-hydrogen) atoms. The Bertz CT molecular complexity index is 1320. The van der Waals surface area contributed by atoms with Crippen LogP contribution in [0.5, 0.6) is 11.6 Å². The highest BCUT2D eigenvalue weighted by Gasteiger charge is 2.44. The van der Waals surface area contributed by atoms with E-state index in [9.17, 15) is 4.79 Å². The van der Waals surface area contributed by atoms with Crippen LogP contribution in [0.4, 0.5) is 0 Å². The standard InChI is InChI=1S/C25H24N6O3/c32-15-25(33)31-14-19-10-20(31)13-30(19)12-18-3-1-16-9-21(4-5-22(16)28-18)34-24-6-2-17(11-26-24)23-7-8-27-29-23/h1-9,11,19-20,32H,10,12-15H2,(H,27,29). The van der Waals surface area contributed by atoms with Gasteiger partial charge in [-0.2, -0.15) is 5.10 Å². The first-order valence-electron chi connectivity index (χ1n) is 11.3. The minimum atomic E-state index is -0.409. The quantitative estimate of drug-likeness (QED) is 0.459. The molecule has 0 radical (unpaired) electrons. The van der Waals surface area contributed by atoms with Gasteiger partial charge in [-0.1, -0.05) is 6.07 Å². The lowest BCUT2D eigenvalue weighted by atomic mass is 10.2. The summed E-state index contributed by atoms with van der Waals surface area (Å²) < 4.78 is 5.95. The maximum atomic E-state index is 11.8. The predicted molar refractivity (Wildman–Crippen MR) is 125 cm³/mol. The van der Waals surface area contributed by atoms with Crippen molar-refractivity contribution in [2.45, 2.75) is 25.0 Å². The van der Waals surface area contributed by atoms with Gasteiger partial charge in [-0.3, -0.25) is 19.8 Å². The van der Waals surface area contributed by atoms with Gasteiger partial charge in [-0.25, -0.2) is 4.98 Å². The molecule has 9 nitrogen and oxygen atoms in total. The molecule has 172 valence electrons. The number of benzene rings is 1. The number of pyridine rings is 2. The second kappa shape index (κ2) is 8.51. The Kier molecular flexibility index (Phi) is 5.20. The number of aliphatic hydroxyl groups is 1. The van der Waals surface area contributed by atoms with Crippen molar-refractivity contribution in [2.75, 3.05) is 19.7 Å². The zero-order valence-corrected chi connectivity index (χ0v) is 18.5. The number of fused-ring (bicyclic) bond motifs is 3. The van der Waals surface area contributed by atoms with Crippen LogP contribution in [0.3, 0.4) is 0 Å². The van der Waals surface area contributed by atoms with Gasteiger partial charge in [-0.15, -0.1) is 0 Å². The van der Waals surface area contributed by atoms with E-state index in [0.717, 1.165) is 47.4 Å². The van der Waals surface area contributed by atoms with Crippen molar-refractivity contribution in [1.29, 1.82) is 0 Å². The van der Waals surface area contributed by atoms with Crippen LogP contribution < -0.4 is 4.74 Å². The highest BCUT2D eigenvalue weighted by atomic mass is 16.5. The molecule has 2 unspecified atom stereocenters. The lowest BCUT2D eigenvalue weighted by Gasteiger charge is -2.33. The van der Waals surface area contributed by atoms with Crippen molar-refractivity contribution in [3.63, 3.8) is 0 Å². The Balaban J connectivity index is 1.12. The fraction of sp³-hybridized carbons (Fsp3) is 0.280. The van der Waals surface area contributed by atoms with Gasteiger partial charge in [0.05, 0.1) is 16.9 Å². The van der Waals surface area contributed by atoms with E-state index in [2.05, 4.69) is 26.1 Å². The number of aromatic nitrogens is 4. The van der Waals surface area contributed by atoms with Crippen molar-refractivity contribution in [2.24, 2.45) is 0 Å². The number of ether oxygens (including phenoxy) is 1. The van der Waals surface area contributed by atoms with Gasteiger partial charge < -0.3 is 14.7 Å². The van der Waals surface area contributed by atoms with Gasteiger partial charge in [0.25, 0.3) is 0 Å². The molecule has 2 N–H and O–H groups in total. The van der Waals surface area contributed by atoms with Gasteiger partial charge in [0.15, 0.2) is 0 Å². The highest BCUT2D eigenvalue weighted by molar-refractivity contribution is 5.80. The summed E-state index contributed by atoms with van der Waals surface area (Å²) in [5.41, 5.74) is 3.77. The van der Waals surface area contributed by atoms with Crippen LogP contribution in [0.15, 0.2) is 60.9 Å². The van der Waals surface area contributed by atoms with Crippen LogP contribution in [-0.4, -0.2) is 72.8 Å². The molecule has 2 aliphatic heterocycles. The smallest absolute Gasteiger partial charge is 0.248 e. The molecule has 2 fully saturated rings. The van der Waals surface area contributed by atoms with Crippen LogP contribution in [0.25, 0.3) is 22.2 Å². The van der Waals surface area contributed by atoms with Gasteiger partial charge in [0.2, 0.25) is 11.8 Å². The van der Waals surface area contributed by atoms with Gasteiger partial charge in [0, 0.05) is 61.1 Å². The van der Waals surface area contributed by atoms with Crippen LogP contribution >= 0.6 is 0 Å². The summed E-state index contributed by atoms with van der Waals surface area (Å²) >= 11 is 0. The van der Waals surface area contributed by atoms with Crippen molar-refractivity contribution < 1.29 is 14.6 Å². The Labute approximate surface area is 196 Å². The monoisotopic (exact) mass is 456 g/mol. The molecule has 1 amide bonds. The molecule has 6 rings (SSSR count). The minimum absolute atomic E-state index is 0.169. The zero-order chi connectivity index (χ0) is 23.1. The molecular formula is C25H24N6O3. The highest BCUT2D eigenvalue weighted by Crippen LogP contribution is 2.32. The summed E-state index contributed by atoms with van der Waals surface area (Å²) in [5, 5.41) is 17.0. The molecule has 5 heterocycles. The number of carbonyl (C=O) groups is 1. The first-order valence-corrected chi connectivity index (χ1v) is 11.3. The van der Waals surface area contributed by atoms with Crippen LogP contribution in [0.1, 0.15) is 12.1 Å². The number of nitrogens with one attached hydrogen (secondary N) is 1. The lowest BCUT2D eigenvalue weighted by molar-refractivity contribution is -0.136. The van der Waals surface area contributed by atoms with Crippen molar-refractivity contribution in [3.8, 4) is 22.9 Å². The van der Waals surface area contributed by atoms with E-state index in [1.807, 2.05) is 47.4 Å². The molecule has 2 atom stereocenters. The van der Waals surface area contributed by atoms with Crippen LogP contribution in [0.2, 0.25) is 0 Å². The first-order chi connectivity index (χ1) is 16.7. The lowest BCUT2D eigenvalue weighted by Crippen LogP contribution is -2.49. The third-order valence-corrected chi connectivity index (χ3v) is 6.66. The molecule has 2 aliphatic rings. The number of hydrogen-bond donors (Lipinski definition) is 2. The maximum Gasteiger partial charge on any atom is 0.248 e. The van der Waals surface area contributed by atoms with E-state index in [0.29, 0.717) is 24.2 Å². The Morgan fingerprint density at radius 2 is 2.06 bits per heavy atom. The van der Waals surface area contributed by atoms with Crippen molar-refractivity contribution in [3.05, 3.63) is 66.6 Å². The van der Waals surface area contributed by atoms with Crippen LogP contribution in [-0.2, 0) is 11.3 Å². The summed E-state index contributed by atoms with van der Waals surface area (Å²) in [4.78, 5) is 25.3. The molecule has 1 aromatic carbocycles. The van der Waals surface area contributed by atoms with E-state index < -0.39 is 6.61 Å². The molecule has 9 heteroatoms. The second-order valence-electron chi connectivity index (χ2n) is 8.79. The number of aromatic amines is 1. The number of hydrogen-bond acceptors (Lipinski definition) is 7. The molecule has 2 saturated heterocycles.